The number of nitro groups is 1. The number of anilines is 1. The van der Waals surface area contributed by atoms with E-state index < -0.39 is 10.5 Å². The molecule has 0 unspecified atom stereocenters. The van der Waals surface area contributed by atoms with Crippen molar-refractivity contribution in [3.8, 4) is 11.8 Å². The lowest BCUT2D eigenvalue weighted by atomic mass is 10.0. The number of ether oxygens (including phenoxy) is 1. The summed E-state index contributed by atoms with van der Waals surface area (Å²) in [6, 6.07) is 6.06. The van der Waals surface area contributed by atoms with Crippen molar-refractivity contribution in [1.29, 1.82) is 5.26 Å². The third-order valence-corrected chi connectivity index (χ3v) is 3.02. The van der Waals surface area contributed by atoms with E-state index in [1.54, 1.807) is 13.8 Å². The van der Waals surface area contributed by atoms with E-state index in [0.717, 1.165) is 0 Å². The Balaban J connectivity index is 2.49. The average molecular weight is 275 g/mol. The van der Waals surface area contributed by atoms with Crippen molar-refractivity contribution >= 4 is 17.3 Å². The van der Waals surface area contributed by atoms with E-state index >= 15 is 0 Å². The summed E-state index contributed by atoms with van der Waals surface area (Å²) in [4.78, 5) is 24.0. The van der Waals surface area contributed by atoms with Crippen molar-refractivity contribution in [3.63, 3.8) is 0 Å². The zero-order valence-corrected chi connectivity index (χ0v) is 11.1. The Hall–Kier alpha value is -2.62. The molecule has 0 bridgehead atoms. The molecular weight excluding hydrogens is 262 g/mol. The van der Waals surface area contributed by atoms with Gasteiger partial charge in [0, 0.05) is 12.6 Å². The van der Waals surface area contributed by atoms with Gasteiger partial charge in [-0.3, -0.25) is 14.9 Å². The molecule has 0 N–H and O–H groups in total. The topological polar surface area (TPSA) is 96.5 Å². The second kappa shape index (κ2) is 4.81. The van der Waals surface area contributed by atoms with Crippen molar-refractivity contribution < 1.29 is 14.5 Å². The number of non-ortho nitro benzene ring substituents is 1. The van der Waals surface area contributed by atoms with Crippen LogP contribution in [0.15, 0.2) is 18.2 Å². The Morgan fingerprint density at radius 3 is 2.80 bits per heavy atom. The lowest BCUT2D eigenvalue weighted by Gasteiger charge is -2.38. The Labute approximate surface area is 115 Å². The van der Waals surface area contributed by atoms with Gasteiger partial charge in [0.1, 0.15) is 0 Å². The summed E-state index contributed by atoms with van der Waals surface area (Å²) >= 11 is 0. The van der Waals surface area contributed by atoms with Gasteiger partial charge in [-0.05, 0) is 19.9 Å². The summed E-state index contributed by atoms with van der Waals surface area (Å²) in [5.74, 6) is 0.0100. The highest BCUT2D eigenvalue weighted by Crippen LogP contribution is 2.39. The van der Waals surface area contributed by atoms with Gasteiger partial charge in [-0.15, -0.1) is 0 Å². The Morgan fingerprint density at radius 1 is 1.50 bits per heavy atom. The van der Waals surface area contributed by atoms with E-state index in [1.807, 2.05) is 6.07 Å². The van der Waals surface area contributed by atoms with Gasteiger partial charge in [0.25, 0.3) is 11.6 Å². The molecule has 20 heavy (non-hydrogen) atoms. The molecule has 1 aromatic rings. The van der Waals surface area contributed by atoms with Crippen molar-refractivity contribution in [3.05, 3.63) is 28.3 Å². The molecule has 0 radical (unpaired) electrons. The number of carbonyl (C=O) groups excluding carboxylic acids is 1. The highest BCUT2D eigenvalue weighted by atomic mass is 16.6. The molecule has 7 nitrogen and oxygen atoms in total. The third-order valence-electron chi connectivity index (χ3n) is 3.02. The molecule has 0 saturated carbocycles. The highest BCUT2D eigenvalue weighted by molar-refractivity contribution is 6.02. The average Bonchev–Trinajstić information content (AvgIpc) is 2.38. The number of rotatable bonds is 3. The van der Waals surface area contributed by atoms with Gasteiger partial charge in [-0.1, -0.05) is 0 Å². The van der Waals surface area contributed by atoms with Crippen molar-refractivity contribution in [2.24, 2.45) is 0 Å². The zero-order chi connectivity index (χ0) is 14.9. The van der Waals surface area contributed by atoms with Gasteiger partial charge >= 0.3 is 0 Å². The van der Waals surface area contributed by atoms with E-state index in [2.05, 4.69) is 0 Å². The lowest BCUT2D eigenvalue weighted by Crippen LogP contribution is -2.52. The quantitative estimate of drug-likeness (QED) is 0.621. The molecule has 0 aliphatic carbocycles. The molecule has 0 fully saturated rings. The number of nitriles is 1. The molecule has 0 atom stereocenters. The zero-order valence-electron chi connectivity index (χ0n) is 11.1. The van der Waals surface area contributed by atoms with Crippen molar-refractivity contribution in [2.45, 2.75) is 25.9 Å². The number of hydrogen-bond acceptors (Lipinski definition) is 5. The van der Waals surface area contributed by atoms with Crippen LogP contribution < -0.4 is 9.64 Å². The summed E-state index contributed by atoms with van der Waals surface area (Å²) in [5, 5.41) is 19.5. The fourth-order valence-corrected chi connectivity index (χ4v) is 2.06. The van der Waals surface area contributed by atoms with Crippen molar-refractivity contribution in [2.75, 3.05) is 11.4 Å². The van der Waals surface area contributed by atoms with E-state index in [0.29, 0.717) is 5.69 Å². The molecule has 0 spiro atoms. The minimum absolute atomic E-state index is 0.103. The number of amides is 1. The first-order chi connectivity index (χ1) is 9.36. The molecule has 104 valence electrons. The molecule has 1 aromatic carbocycles. The van der Waals surface area contributed by atoms with Gasteiger partial charge in [-0.25, -0.2) is 0 Å². The first-order valence-electron chi connectivity index (χ1n) is 6.03. The SMILES string of the molecule is CC1(C)Oc2cc([N+](=O)[O-])ccc2N(CCC#N)C1=O. The highest BCUT2D eigenvalue weighted by Gasteiger charge is 2.41. The molecule has 1 aliphatic rings. The fraction of sp³-hybridized carbons (Fsp3) is 0.385. The molecule has 0 aromatic heterocycles. The molecule has 1 amide bonds. The second-order valence-corrected chi connectivity index (χ2v) is 4.89. The smallest absolute Gasteiger partial charge is 0.273 e. The number of hydrogen-bond donors (Lipinski definition) is 0. The summed E-state index contributed by atoms with van der Waals surface area (Å²) in [6.07, 6.45) is 0.179. The van der Waals surface area contributed by atoms with Crippen LogP contribution in [0.5, 0.6) is 5.75 Å². The standard InChI is InChI=1S/C13H13N3O4/c1-13(2)12(17)15(7-3-6-14)10-5-4-9(16(18)19)8-11(10)20-13/h4-5,8H,3,7H2,1-2H3. The first kappa shape index (κ1) is 13.8. The third kappa shape index (κ3) is 2.28. The number of carbonyl (C=O) groups is 1. The minimum atomic E-state index is -1.11. The van der Waals surface area contributed by atoms with Crippen LogP contribution in [-0.4, -0.2) is 23.0 Å². The predicted molar refractivity (Wildman–Crippen MR) is 70.4 cm³/mol. The maximum Gasteiger partial charge on any atom is 0.273 e. The van der Waals surface area contributed by atoms with Gasteiger partial charge < -0.3 is 9.64 Å². The Bertz CT molecular complexity index is 619. The van der Waals surface area contributed by atoms with E-state index in [-0.39, 0.29) is 30.3 Å². The number of fused-ring (bicyclic) bond motifs is 1. The van der Waals surface area contributed by atoms with Gasteiger partial charge in [-0.2, -0.15) is 5.26 Å². The van der Waals surface area contributed by atoms with E-state index in [1.165, 1.54) is 23.1 Å². The maximum atomic E-state index is 12.3. The van der Waals surface area contributed by atoms with Gasteiger partial charge in [0.15, 0.2) is 11.4 Å². The van der Waals surface area contributed by atoms with Crippen molar-refractivity contribution in [1.82, 2.24) is 0 Å². The lowest BCUT2D eigenvalue weighted by molar-refractivity contribution is -0.385. The normalized spacial score (nSPS) is 16.1. The van der Waals surface area contributed by atoms with Gasteiger partial charge in [0.05, 0.1) is 29.2 Å². The number of nitro benzene ring substituents is 1. The van der Waals surface area contributed by atoms with E-state index in [9.17, 15) is 14.9 Å². The molecule has 1 heterocycles. The minimum Gasteiger partial charge on any atom is -0.476 e. The first-order valence-corrected chi connectivity index (χ1v) is 6.03. The fourth-order valence-electron chi connectivity index (χ4n) is 2.06. The van der Waals surface area contributed by atoms with Crippen LogP contribution in [0.3, 0.4) is 0 Å². The van der Waals surface area contributed by atoms with Crippen LogP contribution in [0.25, 0.3) is 0 Å². The number of benzene rings is 1. The maximum absolute atomic E-state index is 12.3. The van der Waals surface area contributed by atoms with Crippen LogP contribution in [0.2, 0.25) is 0 Å². The van der Waals surface area contributed by atoms with Crippen LogP contribution in [-0.2, 0) is 4.79 Å². The van der Waals surface area contributed by atoms with Crippen LogP contribution in [0.4, 0.5) is 11.4 Å². The van der Waals surface area contributed by atoms with Crippen LogP contribution in [0, 0.1) is 21.4 Å². The predicted octanol–water partition coefficient (Wildman–Crippen LogP) is 2.01. The van der Waals surface area contributed by atoms with Gasteiger partial charge in [0.2, 0.25) is 0 Å². The van der Waals surface area contributed by atoms with E-state index in [4.69, 9.17) is 10.00 Å². The summed E-state index contributed by atoms with van der Waals surface area (Å²) < 4.78 is 5.55. The molecule has 7 heteroatoms. The molecule has 2 rings (SSSR count). The van der Waals surface area contributed by atoms with Crippen LogP contribution in [0.1, 0.15) is 20.3 Å². The second-order valence-electron chi connectivity index (χ2n) is 4.89. The Morgan fingerprint density at radius 2 is 2.20 bits per heavy atom. The summed E-state index contributed by atoms with van der Waals surface area (Å²) in [5.41, 5.74) is -0.762. The number of nitrogens with zero attached hydrogens (tertiary/aromatic N) is 3. The molecule has 1 aliphatic heterocycles. The Kier molecular flexibility index (Phi) is 3.32. The molecular formula is C13H13N3O4. The summed E-state index contributed by atoms with van der Waals surface area (Å²) in [6.45, 7) is 3.42. The summed E-state index contributed by atoms with van der Waals surface area (Å²) in [7, 11) is 0. The van der Waals surface area contributed by atoms with Crippen LogP contribution >= 0.6 is 0 Å². The molecule has 0 saturated heterocycles. The monoisotopic (exact) mass is 275 g/mol. The largest absolute Gasteiger partial charge is 0.476 e.